The average Bonchev–Trinajstić information content (AvgIpc) is 2.57. The van der Waals surface area contributed by atoms with Crippen LogP contribution in [-0.4, -0.2) is 27.5 Å². The van der Waals surface area contributed by atoms with Gasteiger partial charge in [0.15, 0.2) is 0 Å². The first-order valence-electron chi connectivity index (χ1n) is 6.38. The molecule has 1 heterocycles. The third-order valence-corrected chi connectivity index (χ3v) is 4.72. The molecule has 2 N–H and O–H groups in total. The molecular formula is C13H20N2O2S. The normalized spacial score (nSPS) is 21.5. The van der Waals surface area contributed by atoms with Gasteiger partial charge in [0, 0.05) is 6.04 Å². The van der Waals surface area contributed by atoms with Crippen LogP contribution in [0.2, 0.25) is 0 Å². The maximum absolute atomic E-state index is 12.2. The van der Waals surface area contributed by atoms with Crippen LogP contribution in [-0.2, 0) is 10.0 Å². The van der Waals surface area contributed by atoms with Crippen molar-refractivity contribution in [2.75, 3.05) is 13.1 Å². The van der Waals surface area contributed by atoms with Gasteiger partial charge in [-0.05, 0) is 57.0 Å². The van der Waals surface area contributed by atoms with E-state index in [9.17, 15) is 8.42 Å². The molecule has 2 rings (SSSR count). The van der Waals surface area contributed by atoms with Crippen LogP contribution < -0.4 is 10.0 Å². The van der Waals surface area contributed by atoms with Crippen LogP contribution in [0.25, 0.3) is 0 Å². The van der Waals surface area contributed by atoms with Crippen molar-refractivity contribution >= 4 is 10.0 Å². The van der Waals surface area contributed by atoms with Crippen LogP contribution >= 0.6 is 0 Å². The molecule has 1 aromatic carbocycles. The number of rotatable bonds is 3. The zero-order valence-electron chi connectivity index (χ0n) is 10.6. The highest BCUT2D eigenvalue weighted by atomic mass is 32.2. The fourth-order valence-corrected chi connectivity index (χ4v) is 3.62. The Kier molecular flexibility index (Phi) is 4.37. The molecule has 18 heavy (non-hydrogen) atoms. The molecule has 1 unspecified atom stereocenters. The Bertz CT molecular complexity index is 491. The second kappa shape index (κ2) is 5.82. The number of nitrogens with one attached hydrogen (secondary N) is 2. The Morgan fingerprint density at radius 3 is 2.89 bits per heavy atom. The molecule has 1 aliphatic heterocycles. The second-order valence-corrected chi connectivity index (χ2v) is 6.53. The number of hydrogen-bond donors (Lipinski definition) is 2. The van der Waals surface area contributed by atoms with Gasteiger partial charge in [0.25, 0.3) is 0 Å². The average molecular weight is 268 g/mol. The van der Waals surface area contributed by atoms with E-state index in [-0.39, 0.29) is 6.04 Å². The molecule has 0 bridgehead atoms. The van der Waals surface area contributed by atoms with Gasteiger partial charge >= 0.3 is 0 Å². The highest BCUT2D eigenvalue weighted by Crippen LogP contribution is 2.14. The molecule has 1 atom stereocenters. The molecule has 0 spiro atoms. The van der Waals surface area contributed by atoms with E-state index in [4.69, 9.17) is 0 Å². The van der Waals surface area contributed by atoms with Crippen molar-refractivity contribution in [2.24, 2.45) is 0 Å². The van der Waals surface area contributed by atoms with Crippen LogP contribution in [0.15, 0.2) is 29.2 Å². The molecule has 100 valence electrons. The van der Waals surface area contributed by atoms with Gasteiger partial charge in [-0.3, -0.25) is 0 Å². The molecule has 1 fully saturated rings. The standard InChI is InChI=1S/C13H20N2O2S/c1-11-4-2-6-13(10-11)18(16,17)15-12-5-3-8-14-9-7-12/h2,4,6,10,12,14-15H,3,5,7-9H2,1H3. The summed E-state index contributed by atoms with van der Waals surface area (Å²) < 4.78 is 27.3. The summed E-state index contributed by atoms with van der Waals surface area (Å²) in [6.45, 7) is 3.75. The third-order valence-electron chi connectivity index (χ3n) is 3.20. The highest BCUT2D eigenvalue weighted by Gasteiger charge is 2.20. The van der Waals surface area contributed by atoms with Crippen LogP contribution in [0.1, 0.15) is 24.8 Å². The SMILES string of the molecule is Cc1cccc(S(=O)(=O)NC2CCCNCC2)c1. The Morgan fingerprint density at radius 1 is 1.28 bits per heavy atom. The molecular weight excluding hydrogens is 248 g/mol. The van der Waals surface area contributed by atoms with Gasteiger partial charge in [-0.1, -0.05) is 12.1 Å². The first-order chi connectivity index (χ1) is 8.58. The van der Waals surface area contributed by atoms with Crippen molar-refractivity contribution in [1.82, 2.24) is 10.0 Å². The van der Waals surface area contributed by atoms with Crippen LogP contribution in [0.5, 0.6) is 0 Å². The molecule has 0 aromatic heterocycles. The lowest BCUT2D eigenvalue weighted by Crippen LogP contribution is -2.35. The van der Waals surface area contributed by atoms with Crippen molar-refractivity contribution in [3.63, 3.8) is 0 Å². The van der Waals surface area contributed by atoms with Gasteiger partial charge in [-0.15, -0.1) is 0 Å². The Hall–Kier alpha value is -0.910. The molecule has 1 aromatic rings. The smallest absolute Gasteiger partial charge is 0.240 e. The molecule has 0 amide bonds. The van der Waals surface area contributed by atoms with E-state index in [0.717, 1.165) is 37.9 Å². The van der Waals surface area contributed by atoms with Crippen molar-refractivity contribution < 1.29 is 8.42 Å². The third kappa shape index (κ3) is 3.54. The molecule has 0 radical (unpaired) electrons. The first kappa shape index (κ1) is 13.5. The van der Waals surface area contributed by atoms with Gasteiger partial charge in [-0.2, -0.15) is 0 Å². The lowest BCUT2D eigenvalue weighted by atomic mass is 10.1. The molecule has 5 heteroatoms. The molecule has 1 aliphatic rings. The van der Waals surface area contributed by atoms with Gasteiger partial charge in [0.1, 0.15) is 0 Å². The minimum absolute atomic E-state index is 0.0468. The Morgan fingerprint density at radius 2 is 2.11 bits per heavy atom. The zero-order valence-corrected chi connectivity index (χ0v) is 11.5. The second-order valence-electron chi connectivity index (χ2n) is 4.82. The summed E-state index contributed by atoms with van der Waals surface area (Å²) in [5, 5.41) is 3.28. The van der Waals surface area contributed by atoms with E-state index in [1.54, 1.807) is 18.2 Å². The van der Waals surface area contributed by atoms with Gasteiger partial charge in [0.2, 0.25) is 10.0 Å². The topological polar surface area (TPSA) is 58.2 Å². The predicted molar refractivity (Wildman–Crippen MR) is 72.0 cm³/mol. The quantitative estimate of drug-likeness (QED) is 0.871. The van der Waals surface area contributed by atoms with Crippen molar-refractivity contribution in [3.8, 4) is 0 Å². The fourth-order valence-electron chi connectivity index (χ4n) is 2.21. The summed E-state index contributed by atoms with van der Waals surface area (Å²) >= 11 is 0. The van der Waals surface area contributed by atoms with E-state index < -0.39 is 10.0 Å². The lowest BCUT2D eigenvalue weighted by Gasteiger charge is -2.16. The summed E-state index contributed by atoms with van der Waals surface area (Å²) in [6.07, 6.45) is 2.77. The number of aryl methyl sites for hydroxylation is 1. The summed E-state index contributed by atoms with van der Waals surface area (Å²) in [5.41, 5.74) is 0.959. The predicted octanol–water partition coefficient (Wildman–Crippen LogP) is 1.42. The van der Waals surface area contributed by atoms with Crippen molar-refractivity contribution in [1.29, 1.82) is 0 Å². The largest absolute Gasteiger partial charge is 0.317 e. The van der Waals surface area contributed by atoms with Crippen molar-refractivity contribution in [2.45, 2.75) is 37.1 Å². The number of sulfonamides is 1. The van der Waals surface area contributed by atoms with E-state index in [2.05, 4.69) is 10.0 Å². The molecule has 0 aliphatic carbocycles. The van der Waals surface area contributed by atoms with Crippen LogP contribution in [0.3, 0.4) is 0 Å². The molecule has 4 nitrogen and oxygen atoms in total. The lowest BCUT2D eigenvalue weighted by molar-refractivity contribution is 0.518. The first-order valence-corrected chi connectivity index (χ1v) is 7.86. The van der Waals surface area contributed by atoms with Crippen molar-refractivity contribution in [3.05, 3.63) is 29.8 Å². The van der Waals surface area contributed by atoms with Crippen LogP contribution in [0, 0.1) is 6.92 Å². The van der Waals surface area contributed by atoms with Gasteiger partial charge in [0.05, 0.1) is 4.90 Å². The van der Waals surface area contributed by atoms with Crippen LogP contribution in [0.4, 0.5) is 0 Å². The summed E-state index contributed by atoms with van der Waals surface area (Å²) in [4.78, 5) is 0.361. The fraction of sp³-hybridized carbons (Fsp3) is 0.538. The van der Waals surface area contributed by atoms with E-state index in [1.807, 2.05) is 13.0 Å². The maximum Gasteiger partial charge on any atom is 0.240 e. The number of hydrogen-bond acceptors (Lipinski definition) is 3. The Labute approximate surface area is 109 Å². The summed E-state index contributed by atoms with van der Waals surface area (Å²) in [5.74, 6) is 0. The minimum atomic E-state index is -3.38. The number of benzene rings is 1. The van der Waals surface area contributed by atoms with E-state index in [0.29, 0.717) is 4.90 Å². The van der Waals surface area contributed by atoms with Gasteiger partial charge < -0.3 is 5.32 Å². The minimum Gasteiger partial charge on any atom is -0.317 e. The van der Waals surface area contributed by atoms with E-state index in [1.165, 1.54) is 0 Å². The molecule has 0 saturated carbocycles. The summed E-state index contributed by atoms with van der Waals surface area (Å²) in [6, 6.07) is 7.07. The van der Waals surface area contributed by atoms with E-state index >= 15 is 0 Å². The highest BCUT2D eigenvalue weighted by molar-refractivity contribution is 7.89. The monoisotopic (exact) mass is 268 g/mol. The summed E-state index contributed by atoms with van der Waals surface area (Å²) in [7, 11) is -3.38. The van der Waals surface area contributed by atoms with Gasteiger partial charge in [-0.25, -0.2) is 13.1 Å². The Balaban J connectivity index is 2.11. The zero-order chi connectivity index (χ0) is 13.0. The molecule has 1 saturated heterocycles. The maximum atomic E-state index is 12.2.